The summed E-state index contributed by atoms with van der Waals surface area (Å²) in [4.78, 5) is 10.3. The molecule has 4 N–H and O–H groups in total. The maximum absolute atomic E-state index is 10.3. The van der Waals surface area contributed by atoms with Gasteiger partial charge in [-0.3, -0.25) is 0 Å². The summed E-state index contributed by atoms with van der Waals surface area (Å²) in [5.74, 6) is -3.33. The van der Waals surface area contributed by atoms with Gasteiger partial charge in [0.15, 0.2) is 17.2 Å². The van der Waals surface area contributed by atoms with Crippen molar-refractivity contribution < 1.29 is 63.7 Å². The molecule has 1 aromatic rings. The molecule has 0 saturated heterocycles. The van der Waals surface area contributed by atoms with Gasteiger partial charge >= 0.3 is 29.0 Å². The van der Waals surface area contributed by atoms with Gasteiger partial charge in [0.05, 0.1) is 5.56 Å². The van der Waals surface area contributed by atoms with Crippen LogP contribution in [0.4, 0.5) is 0 Å². The monoisotopic (exact) mass is 335 g/mol. The van der Waals surface area contributed by atoms with E-state index in [4.69, 9.17) is 20.4 Å². The maximum Gasteiger partial charge on any atom is 2.00 e. The number of rotatable bonds is 1. The van der Waals surface area contributed by atoms with E-state index in [9.17, 15) is 4.79 Å². The van der Waals surface area contributed by atoms with Crippen LogP contribution in [-0.4, -0.2) is 49.4 Å². The average molecular weight is 335 g/mol. The van der Waals surface area contributed by atoms with Crippen molar-refractivity contribution >= 4 is 29.0 Å². The molecule has 0 atom stereocenters. The summed E-state index contributed by atoms with van der Waals surface area (Å²) >= 11 is 0. The first kappa shape index (κ1) is 16.5. The van der Waals surface area contributed by atoms with E-state index in [1.165, 1.54) is 0 Å². The number of phenolic OH excluding ortho intramolecular Hbond substituents is 3. The van der Waals surface area contributed by atoms with E-state index >= 15 is 0 Å². The standard InChI is InChI=1S/C7H6O5.La.Mg.2H/c8-4-1-3(7(11)12)2-5(9)6(4)10;;;;/h1-2,8-10H,(H,11,12);;;;/q;;+2;2*-1. The molecule has 0 aliphatic carbocycles. The van der Waals surface area contributed by atoms with Crippen molar-refractivity contribution in [1.29, 1.82) is 0 Å². The number of hydrogen-bond acceptors (Lipinski definition) is 4. The van der Waals surface area contributed by atoms with Crippen LogP contribution in [-0.2, 0) is 0 Å². The fourth-order valence-corrected chi connectivity index (χ4v) is 0.728. The van der Waals surface area contributed by atoms with Crippen molar-refractivity contribution in [2.24, 2.45) is 0 Å². The van der Waals surface area contributed by atoms with Gasteiger partial charge in [-0.25, -0.2) is 4.79 Å². The van der Waals surface area contributed by atoms with E-state index in [0.717, 1.165) is 12.1 Å². The van der Waals surface area contributed by atoms with Crippen LogP contribution in [0.3, 0.4) is 0 Å². The number of carboxylic acids is 1. The summed E-state index contributed by atoms with van der Waals surface area (Å²) in [6, 6.07) is 1.69. The summed E-state index contributed by atoms with van der Waals surface area (Å²) in [5, 5.41) is 35.0. The summed E-state index contributed by atoms with van der Waals surface area (Å²) in [6.45, 7) is 0. The van der Waals surface area contributed by atoms with Crippen molar-refractivity contribution in [2.45, 2.75) is 0 Å². The second kappa shape index (κ2) is 6.52. The van der Waals surface area contributed by atoms with Gasteiger partial charge in [-0.15, -0.1) is 0 Å². The number of carbonyl (C=O) groups is 1. The Balaban J connectivity index is -0.000000180. The molecule has 0 spiro atoms. The van der Waals surface area contributed by atoms with E-state index in [1.54, 1.807) is 0 Å². The first-order valence-electron chi connectivity index (χ1n) is 3.00. The van der Waals surface area contributed by atoms with E-state index < -0.39 is 23.2 Å². The molecule has 0 saturated carbocycles. The van der Waals surface area contributed by atoms with Gasteiger partial charge in [-0.2, -0.15) is 0 Å². The molecular formula is C7H8LaMgO5. The molecule has 71 valence electrons. The van der Waals surface area contributed by atoms with Crippen LogP contribution in [0.1, 0.15) is 13.2 Å². The van der Waals surface area contributed by atoms with Crippen LogP contribution in [0.5, 0.6) is 17.2 Å². The molecular weight excluding hydrogens is 327 g/mol. The van der Waals surface area contributed by atoms with Crippen molar-refractivity contribution in [3.8, 4) is 17.2 Å². The van der Waals surface area contributed by atoms with Crippen LogP contribution in [0, 0.1) is 35.6 Å². The summed E-state index contributed by atoms with van der Waals surface area (Å²) in [5.41, 5.74) is -0.289. The van der Waals surface area contributed by atoms with Crippen molar-refractivity contribution in [1.82, 2.24) is 0 Å². The molecule has 1 aromatic carbocycles. The first-order valence-corrected chi connectivity index (χ1v) is 3.00. The Kier molecular flexibility index (Phi) is 7.67. The Bertz CT molecular complexity index is 327. The average Bonchev–Trinajstić information content (AvgIpc) is 1.99. The summed E-state index contributed by atoms with van der Waals surface area (Å²) < 4.78 is 0. The number of carboxylic acid groups (broad SMARTS) is 1. The zero-order valence-electron chi connectivity index (χ0n) is 9.14. The molecule has 0 aromatic heterocycles. The fraction of sp³-hybridized carbons (Fsp3) is 0. The van der Waals surface area contributed by atoms with Gasteiger partial charge < -0.3 is 23.3 Å². The summed E-state index contributed by atoms with van der Waals surface area (Å²) in [6.07, 6.45) is 0. The van der Waals surface area contributed by atoms with Crippen molar-refractivity contribution in [3.05, 3.63) is 17.7 Å². The second-order valence-electron chi connectivity index (χ2n) is 2.17. The first-order chi connectivity index (χ1) is 5.52. The van der Waals surface area contributed by atoms with Crippen molar-refractivity contribution in [2.75, 3.05) is 0 Å². The number of benzene rings is 1. The van der Waals surface area contributed by atoms with Crippen LogP contribution in [0.15, 0.2) is 12.1 Å². The molecule has 5 nitrogen and oxygen atoms in total. The predicted molar refractivity (Wildman–Crippen MR) is 46.4 cm³/mol. The Labute approximate surface area is 126 Å². The van der Waals surface area contributed by atoms with Crippen molar-refractivity contribution in [3.63, 3.8) is 0 Å². The van der Waals surface area contributed by atoms with Gasteiger partial charge in [0, 0.05) is 35.6 Å². The molecule has 0 fully saturated rings. The third-order valence-corrected chi connectivity index (χ3v) is 1.32. The predicted octanol–water partition coefficient (Wildman–Crippen LogP) is 0.346. The quantitative estimate of drug-likeness (QED) is 0.438. The molecule has 14 heavy (non-hydrogen) atoms. The summed E-state index contributed by atoms with van der Waals surface area (Å²) in [7, 11) is 0. The minimum Gasteiger partial charge on any atom is -1.00 e. The van der Waals surface area contributed by atoms with Crippen LogP contribution in [0.25, 0.3) is 0 Å². The topological polar surface area (TPSA) is 98.0 Å². The van der Waals surface area contributed by atoms with Crippen LogP contribution >= 0.6 is 0 Å². The largest absolute Gasteiger partial charge is 2.00 e. The van der Waals surface area contributed by atoms with E-state index in [0.29, 0.717) is 0 Å². The SMILES string of the molecule is O=C(O)c1cc(O)c(O)c(O)c1.[H-].[H-].[La].[Mg+2]. The molecule has 0 heterocycles. The van der Waals surface area contributed by atoms with Crippen LogP contribution < -0.4 is 0 Å². The fourth-order valence-electron chi connectivity index (χ4n) is 0.728. The molecule has 7 heteroatoms. The molecule has 1 radical (unpaired) electrons. The third kappa shape index (κ3) is 3.66. The Morgan fingerprint density at radius 1 is 1.14 bits per heavy atom. The van der Waals surface area contributed by atoms with Gasteiger partial charge in [-0.05, 0) is 12.1 Å². The Morgan fingerprint density at radius 2 is 1.50 bits per heavy atom. The third-order valence-electron chi connectivity index (χ3n) is 1.32. The van der Waals surface area contributed by atoms with Gasteiger partial charge in [0.1, 0.15) is 0 Å². The van der Waals surface area contributed by atoms with Gasteiger partial charge in [-0.1, -0.05) is 0 Å². The van der Waals surface area contributed by atoms with E-state index in [2.05, 4.69) is 0 Å². The number of hydrogen-bond donors (Lipinski definition) is 4. The smallest absolute Gasteiger partial charge is 1.00 e. The Morgan fingerprint density at radius 3 is 1.79 bits per heavy atom. The molecule has 0 unspecified atom stereocenters. The minimum absolute atomic E-state index is 0. The minimum atomic E-state index is -1.29. The molecule has 0 aliphatic rings. The molecule has 0 bridgehead atoms. The molecule has 0 aliphatic heterocycles. The molecule has 1 rings (SSSR count). The Hall–Kier alpha value is 0.0510. The normalized spacial score (nSPS) is 8.29. The van der Waals surface area contributed by atoms with Crippen LogP contribution in [0.2, 0.25) is 0 Å². The van der Waals surface area contributed by atoms with E-state index in [1.807, 2.05) is 0 Å². The zero-order valence-corrected chi connectivity index (χ0v) is 12.2. The zero-order chi connectivity index (χ0) is 9.30. The van der Waals surface area contributed by atoms with Gasteiger partial charge in [0.2, 0.25) is 0 Å². The number of aromatic carboxylic acids is 1. The van der Waals surface area contributed by atoms with Gasteiger partial charge in [0.25, 0.3) is 0 Å². The second-order valence-corrected chi connectivity index (χ2v) is 2.17. The molecule has 0 amide bonds. The van der Waals surface area contributed by atoms with E-state index in [-0.39, 0.29) is 67.1 Å². The number of phenols is 3. The maximum atomic E-state index is 10.3. The number of aromatic hydroxyl groups is 3.